The molecule has 4 fully saturated rings. The lowest BCUT2D eigenvalue weighted by Gasteiger charge is -2.36. The van der Waals surface area contributed by atoms with Crippen molar-refractivity contribution in [3.05, 3.63) is 245 Å². The molecule has 3 unspecified atom stereocenters. The van der Waals surface area contributed by atoms with Crippen molar-refractivity contribution in [3.63, 3.8) is 0 Å². The van der Waals surface area contributed by atoms with E-state index in [2.05, 4.69) is 192 Å². The monoisotopic (exact) mass is 2040 g/mol. The number of benzene rings is 3. The number of nitrogens with two attached hydrogens (primary N) is 3. The lowest BCUT2D eigenvalue weighted by atomic mass is 9.89. The Balaban J connectivity index is 0.000000161. The summed E-state index contributed by atoms with van der Waals surface area (Å²) in [5.41, 5.74) is 24.2. The number of ether oxygens (including phenoxy) is 1. The predicted octanol–water partition coefficient (Wildman–Crippen LogP) is 16.0. The van der Waals surface area contributed by atoms with Crippen LogP contribution in [0.25, 0.3) is 33.8 Å². The molecule has 4 aliphatic heterocycles. The topological polar surface area (TPSA) is 490 Å². The van der Waals surface area contributed by atoms with Crippen molar-refractivity contribution in [2.45, 2.75) is 205 Å². The van der Waals surface area contributed by atoms with Gasteiger partial charge in [-0.3, -0.25) is 29.0 Å². The number of sulfonamides is 4. The third kappa shape index (κ3) is 27.0. The molecule has 764 valence electrons. The third-order valence-corrected chi connectivity index (χ3v) is 29.9. The molecule has 35 nitrogen and oxygen atoms in total. The van der Waals surface area contributed by atoms with Crippen LogP contribution in [-0.2, 0) is 52.1 Å². The zero-order valence-electron chi connectivity index (χ0n) is 84.2. The maximum absolute atomic E-state index is 14.5. The fourth-order valence-corrected chi connectivity index (χ4v) is 22.0. The number of rotatable bonds is 26. The van der Waals surface area contributed by atoms with Gasteiger partial charge in [0.05, 0.1) is 58.3 Å². The summed E-state index contributed by atoms with van der Waals surface area (Å²) in [6.07, 6.45) is 9.82. The maximum Gasteiger partial charge on any atom is 0.281 e. The van der Waals surface area contributed by atoms with Crippen molar-refractivity contribution in [1.29, 1.82) is 0 Å². The van der Waals surface area contributed by atoms with Gasteiger partial charge >= 0.3 is 0 Å². The smallest absolute Gasteiger partial charge is 0.281 e. The molecule has 12 aromatic rings. The first-order chi connectivity index (χ1) is 67.8. The molecule has 144 heavy (non-hydrogen) atoms. The van der Waals surface area contributed by atoms with Gasteiger partial charge in [0.25, 0.3) is 63.7 Å². The summed E-state index contributed by atoms with van der Waals surface area (Å²) in [5.74, 6) is 1.61. The summed E-state index contributed by atoms with van der Waals surface area (Å²) in [6.45, 7) is 41.0. The van der Waals surface area contributed by atoms with E-state index < -0.39 is 69.5 Å². The standard InChI is InChI=1S/C27H33N5O3S.C26H32FN5O4S.C26H31N5O3S.C25H33N7O3S/c1-17(2)19-9-11-20(12-10-19)22-14-13-21(25(29-22)32-16-18(3)15-27(32,4)5)26(33)31-36(34,35)24-8-6-7-23(28)30-24;1-16(2)15-36-21-11-19(10-20(27)12-21)23-6-5-22(25(29-23)32-13-17(3)9-18(4)14-32)26(33)31-37(34,35)24-7-8-28-30-24;1-26(2,3)21-15-14-20(25(32)30-35(33,34)23-13-7-12-22(27)29-23)24(28-21)31-16-8-11-19(17-31)18-9-5-4-6-10-18;1-16(2)13-31-15-18(12-27-31)20-10-9-19(23(28-20)32-14-17(3)11-25(32,4)5)24(33)30-36(34,35)22-8-6-7-21(26)29-22/h6-14,17-18H,15-16H2,1-5H3,(H2,28,30)(H,31,33);5-8,10-12,16-18H,9,13-15H2,1-4H3,(H,28,30)(H,31,33);4-7,9-10,12-15,19H,8,11,16-17H2,1-3H3,(H2,27,29)(H,30,32);6-10,12,15-17H,11,13-14H2,1-5H3,(H2,26,29)(H,30,33)/t18-;;19-;/m0.0./s1. The number of carbonyl (C=O) groups is 4. The maximum atomic E-state index is 14.5. The van der Waals surface area contributed by atoms with E-state index in [0.717, 1.165) is 62.0 Å². The fraction of sp³-hybridized carbons (Fsp3) is 0.394. The second-order valence-corrected chi connectivity index (χ2v) is 47.4. The molecule has 11 N–H and O–H groups in total. The van der Waals surface area contributed by atoms with Crippen LogP contribution in [-0.4, -0.2) is 169 Å². The van der Waals surface area contributed by atoms with Crippen molar-refractivity contribution in [2.24, 2.45) is 35.5 Å². The van der Waals surface area contributed by atoms with Crippen molar-refractivity contribution in [1.82, 2.24) is 73.8 Å². The molecule has 16 rings (SSSR count). The molecule has 9 aromatic heterocycles. The Bertz CT molecular complexity index is 7120. The first kappa shape index (κ1) is 107. The number of aromatic nitrogens is 11. The molecule has 4 saturated heterocycles. The van der Waals surface area contributed by atoms with Crippen molar-refractivity contribution >= 4 is 104 Å². The van der Waals surface area contributed by atoms with E-state index in [-0.39, 0.29) is 82.2 Å². The van der Waals surface area contributed by atoms with E-state index >= 15 is 0 Å². The highest BCUT2D eigenvalue weighted by atomic mass is 32.2. The summed E-state index contributed by atoms with van der Waals surface area (Å²) >= 11 is 0. The van der Waals surface area contributed by atoms with Gasteiger partial charge in [-0.2, -0.15) is 43.9 Å². The molecule has 4 amide bonds. The van der Waals surface area contributed by atoms with Gasteiger partial charge < -0.3 is 41.5 Å². The van der Waals surface area contributed by atoms with Gasteiger partial charge in [0, 0.05) is 103 Å². The van der Waals surface area contributed by atoms with Crippen LogP contribution in [0.2, 0.25) is 0 Å². The van der Waals surface area contributed by atoms with E-state index in [0.29, 0.717) is 132 Å². The highest BCUT2D eigenvalue weighted by molar-refractivity contribution is 7.90. The van der Waals surface area contributed by atoms with E-state index in [1.54, 1.807) is 54.7 Å². The number of aromatic amines is 1. The zero-order valence-corrected chi connectivity index (χ0v) is 87.4. The van der Waals surface area contributed by atoms with Crippen LogP contribution in [0, 0.1) is 41.3 Å². The van der Waals surface area contributed by atoms with Crippen LogP contribution in [0.4, 0.5) is 45.1 Å². The summed E-state index contributed by atoms with van der Waals surface area (Å²) in [4.78, 5) is 92.4. The minimum absolute atomic E-state index is 0.0443. The normalized spacial score (nSPS) is 17.4. The van der Waals surface area contributed by atoms with Crippen LogP contribution in [0.15, 0.2) is 221 Å². The largest absolute Gasteiger partial charge is 0.493 e. The van der Waals surface area contributed by atoms with Crippen molar-refractivity contribution < 1.29 is 62.0 Å². The van der Waals surface area contributed by atoms with Gasteiger partial charge in [0.2, 0.25) is 0 Å². The molecule has 4 aliphatic rings. The Morgan fingerprint density at radius 3 is 1.39 bits per heavy atom. The number of pyridine rings is 7. The van der Waals surface area contributed by atoms with E-state index in [4.69, 9.17) is 41.9 Å². The highest BCUT2D eigenvalue weighted by Gasteiger charge is 2.43. The van der Waals surface area contributed by atoms with Gasteiger partial charge in [0.1, 0.15) is 52.3 Å². The molecule has 0 saturated carbocycles. The quantitative estimate of drug-likeness (QED) is 0.0250. The summed E-state index contributed by atoms with van der Waals surface area (Å²) in [6, 6.07) is 50.1. The summed E-state index contributed by atoms with van der Waals surface area (Å²) < 4.78 is 133. The van der Waals surface area contributed by atoms with E-state index in [1.165, 1.54) is 96.2 Å². The number of anilines is 7. The molecule has 40 heteroatoms. The Morgan fingerprint density at radius 1 is 0.486 bits per heavy atom. The van der Waals surface area contributed by atoms with Gasteiger partial charge in [0.15, 0.2) is 20.1 Å². The highest BCUT2D eigenvalue weighted by Crippen LogP contribution is 2.43. The summed E-state index contributed by atoms with van der Waals surface area (Å²) in [7, 11) is -16.8. The van der Waals surface area contributed by atoms with Crippen LogP contribution in [0.3, 0.4) is 0 Å². The SMILES string of the molecule is CC(C)(C)c1ccc(C(=O)NS(=O)(=O)c2cccc(N)n2)c(N2CCC[C@H](c3ccccc3)C2)n1.CC(C)COc1cc(F)cc(-c2ccc(C(=O)NS(=O)(=O)c3ccn[nH]3)c(N3CC(C)CC(C)C3)n2)c1.CC(C)Cn1cc(-c2ccc(C(=O)NS(=O)(=O)c3cccc(N)n3)c(N3CC(C)CC3(C)C)n2)cn1.CC(C)c1ccc(-c2ccc(C(=O)NS(=O)(=O)c3cccc(N)n3)c(N3C[C@@H](C)CC3(C)C)n2)cc1. The fourth-order valence-electron chi connectivity index (χ4n) is 18.3. The Kier molecular flexibility index (Phi) is 33.2. The number of nitrogens with zero attached hydrogens (tertiary/aromatic N) is 14. The number of halogens is 1. The summed E-state index contributed by atoms with van der Waals surface area (Å²) in [5, 5.41) is 9.26. The molecule has 0 radical (unpaired) electrons. The first-order valence-corrected chi connectivity index (χ1v) is 53.9. The van der Waals surface area contributed by atoms with Crippen LogP contribution < -0.4 is 60.4 Å². The van der Waals surface area contributed by atoms with Crippen LogP contribution in [0.5, 0.6) is 5.75 Å². The van der Waals surface area contributed by atoms with Gasteiger partial charge in [-0.15, -0.1) is 0 Å². The number of nitrogens with one attached hydrogen (secondary N) is 5. The second kappa shape index (κ2) is 44.6. The molecular formula is C104H129FN22O13S4. The first-order valence-electron chi connectivity index (χ1n) is 48.0. The molecule has 0 spiro atoms. The minimum atomic E-state index is -4.23. The van der Waals surface area contributed by atoms with Gasteiger partial charge in [-0.1, -0.05) is 163 Å². The second-order valence-electron chi connectivity index (χ2n) is 40.9. The van der Waals surface area contributed by atoms with Crippen LogP contribution >= 0.6 is 0 Å². The van der Waals surface area contributed by atoms with Crippen molar-refractivity contribution in [3.8, 4) is 39.5 Å². The molecule has 3 aromatic carbocycles. The number of carbonyl (C=O) groups excluding carboxylic acids is 4. The lowest BCUT2D eigenvalue weighted by Crippen LogP contribution is -2.41. The molecule has 5 atom stereocenters. The zero-order chi connectivity index (χ0) is 104. The number of H-pyrrole nitrogens is 1. The van der Waals surface area contributed by atoms with Crippen LogP contribution in [0.1, 0.15) is 220 Å². The Labute approximate surface area is 842 Å². The number of hydrogen-bond donors (Lipinski definition) is 8. The average molecular weight is 2040 g/mol. The van der Waals surface area contributed by atoms with Crippen molar-refractivity contribution in [2.75, 3.05) is 82.7 Å². The van der Waals surface area contributed by atoms with Gasteiger partial charge in [-0.05, 0) is 215 Å². The number of piperidine rings is 2. The molecule has 13 heterocycles. The Morgan fingerprint density at radius 2 is 0.944 bits per heavy atom. The Hall–Kier alpha value is -13.9. The van der Waals surface area contributed by atoms with Gasteiger partial charge in [-0.25, -0.2) is 58.2 Å². The minimum Gasteiger partial charge on any atom is -0.493 e. The predicted molar refractivity (Wildman–Crippen MR) is 556 cm³/mol. The van der Waals surface area contributed by atoms with E-state index in [1.807, 2.05) is 60.0 Å². The molecule has 0 bridgehead atoms. The lowest BCUT2D eigenvalue weighted by molar-refractivity contribution is 0.0972. The average Bonchev–Trinajstić information content (AvgIpc) is 1.62. The third-order valence-electron chi connectivity index (χ3n) is 24.9. The number of amides is 4. The number of nitrogen functional groups attached to an aromatic ring is 3. The number of hydrogen-bond acceptors (Lipinski definition) is 29. The molecular weight excluding hydrogens is 1910 g/mol. The molecule has 0 aliphatic carbocycles. The van der Waals surface area contributed by atoms with E-state index in [9.17, 15) is 57.2 Å².